The molecule has 3 aromatic carbocycles. The first-order valence-electron chi connectivity index (χ1n) is 16.9. The van der Waals surface area contributed by atoms with Crippen LogP contribution < -0.4 is 29.6 Å². The molecule has 260 valence electrons. The number of aromatic nitrogens is 2. The summed E-state index contributed by atoms with van der Waals surface area (Å²) in [4.78, 5) is 27.7. The number of ether oxygens (including phenoxy) is 4. The molecule has 0 saturated carbocycles. The quantitative estimate of drug-likeness (QED) is 0.128. The summed E-state index contributed by atoms with van der Waals surface area (Å²) >= 11 is 0. The summed E-state index contributed by atoms with van der Waals surface area (Å²) in [5.41, 5.74) is 3.47. The summed E-state index contributed by atoms with van der Waals surface area (Å²) < 4.78 is 23.8. The van der Waals surface area contributed by atoms with Gasteiger partial charge in [0.1, 0.15) is 5.56 Å². The third kappa shape index (κ3) is 9.39. The second-order valence-electron chi connectivity index (χ2n) is 12.3. The van der Waals surface area contributed by atoms with Crippen molar-refractivity contribution in [3.8, 4) is 28.9 Å². The van der Waals surface area contributed by atoms with Gasteiger partial charge in [0, 0.05) is 62.4 Å². The van der Waals surface area contributed by atoms with Gasteiger partial charge in [0.05, 0.1) is 20.3 Å². The first-order valence-corrected chi connectivity index (χ1v) is 16.9. The molecule has 11 nitrogen and oxygen atoms in total. The van der Waals surface area contributed by atoms with Gasteiger partial charge < -0.3 is 34.5 Å². The number of piperazine rings is 1. The van der Waals surface area contributed by atoms with E-state index >= 15 is 0 Å². The molecule has 1 aliphatic heterocycles. The van der Waals surface area contributed by atoms with Crippen molar-refractivity contribution >= 4 is 23.2 Å². The zero-order chi connectivity index (χ0) is 34.8. The van der Waals surface area contributed by atoms with Crippen LogP contribution in [0.2, 0.25) is 0 Å². The van der Waals surface area contributed by atoms with Gasteiger partial charge >= 0.3 is 0 Å². The smallest absolute Gasteiger partial charge is 0.262 e. The molecule has 2 heterocycles. The Bertz CT molecular complexity index is 1690. The van der Waals surface area contributed by atoms with Crippen LogP contribution in [-0.2, 0) is 0 Å². The van der Waals surface area contributed by atoms with Gasteiger partial charge in [0.25, 0.3) is 5.91 Å². The van der Waals surface area contributed by atoms with E-state index in [1.807, 2.05) is 69.3 Å². The highest BCUT2D eigenvalue weighted by Crippen LogP contribution is 2.35. The lowest BCUT2D eigenvalue weighted by Gasteiger charge is -2.36. The highest BCUT2D eigenvalue weighted by atomic mass is 16.5. The van der Waals surface area contributed by atoms with E-state index in [9.17, 15) is 4.79 Å². The Labute approximate surface area is 289 Å². The molecule has 0 atom stereocenters. The largest absolute Gasteiger partial charge is 0.493 e. The van der Waals surface area contributed by atoms with Crippen molar-refractivity contribution in [2.24, 2.45) is 0 Å². The summed E-state index contributed by atoms with van der Waals surface area (Å²) in [5, 5.41) is 6.23. The van der Waals surface area contributed by atoms with Crippen LogP contribution in [0.25, 0.3) is 0 Å². The van der Waals surface area contributed by atoms with Crippen LogP contribution >= 0.6 is 0 Å². The number of rotatable bonds is 15. The topological polar surface area (TPSA) is 110 Å². The number of aryl methyl sites for hydroxylation is 2. The molecule has 0 unspecified atom stereocenters. The SMILES string of the molecule is CCOc1ccccc1Oc1nc(Nc2ccc(OCCCN3CCN(C(C)C)CC3)c(OC)c2)ncc1C(=O)Nc1c(C)cccc1C. The summed E-state index contributed by atoms with van der Waals surface area (Å²) in [7, 11) is 1.61. The second kappa shape index (κ2) is 17.0. The minimum absolute atomic E-state index is 0.0749. The first kappa shape index (κ1) is 35.4. The summed E-state index contributed by atoms with van der Waals surface area (Å²) in [6, 6.07) is 19.3. The third-order valence-electron chi connectivity index (χ3n) is 8.51. The number of para-hydroxylation sites is 3. The fourth-order valence-corrected chi connectivity index (χ4v) is 5.73. The normalized spacial score (nSPS) is 13.6. The maximum absolute atomic E-state index is 13.6. The molecule has 5 rings (SSSR count). The van der Waals surface area contributed by atoms with Crippen molar-refractivity contribution in [1.82, 2.24) is 19.8 Å². The molecule has 1 saturated heterocycles. The highest BCUT2D eigenvalue weighted by Gasteiger charge is 2.21. The predicted molar refractivity (Wildman–Crippen MR) is 193 cm³/mol. The van der Waals surface area contributed by atoms with Crippen molar-refractivity contribution in [3.63, 3.8) is 0 Å². The van der Waals surface area contributed by atoms with Crippen molar-refractivity contribution in [1.29, 1.82) is 0 Å². The van der Waals surface area contributed by atoms with Crippen LogP contribution in [0.1, 0.15) is 48.7 Å². The lowest BCUT2D eigenvalue weighted by atomic mass is 10.1. The average Bonchev–Trinajstić information content (AvgIpc) is 3.10. The van der Waals surface area contributed by atoms with Gasteiger partial charge in [-0.1, -0.05) is 30.3 Å². The van der Waals surface area contributed by atoms with E-state index in [0.29, 0.717) is 47.9 Å². The van der Waals surface area contributed by atoms with Crippen LogP contribution in [0, 0.1) is 13.8 Å². The van der Waals surface area contributed by atoms with E-state index in [4.69, 9.17) is 18.9 Å². The molecule has 1 amide bonds. The molecule has 49 heavy (non-hydrogen) atoms. The lowest BCUT2D eigenvalue weighted by molar-refractivity contribution is 0.102. The number of nitrogens with zero attached hydrogens (tertiary/aromatic N) is 4. The van der Waals surface area contributed by atoms with Crippen LogP contribution in [-0.4, -0.2) is 84.8 Å². The molecule has 0 spiro atoms. The van der Waals surface area contributed by atoms with Crippen molar-refractivity contribution in [2.75, 3.05) is 63.7 Å². The molecule has 4 aromatic rings. The van der Waals surface area contributed by atoms with Crippen LogP contribution in [0.3, 0.4) is 0 Å². The minimum Gasteiger partial charge on any atom is -0.493 e. The maximum Gasteiger partial charge on any atom is 0.262 e. The number of carbonyl (C=O) groups is 1. The fraction of sp³-hybridized carbons (Fsp3) is 0.395. The number of hydrogen-bond donors (Lipinski definition) is 2. The summed E-state index contributed by atoms with van der Waals surface area (Å²) in [6.45, 7) is 16.8. The van der Waals surface area contributed by atoms with Crippen LogP contribution in [0.15, 0.2) is 66.9 Å². The van der Waals surface area contributed by atoms with E-state index in [0.717, 1.165) is 56.0 Å². The van der Waals surface area contributed by atoms with E-state index in [1.165, 1.54) is 6.20 Å². The van der Waals surface area contributed by atoms with Gasteiger partial charge in [0.15, 0.2) is 23.0 Å². The molecule has 1 aliphatic rings. The predicted octanol–water partition coefficient (Wildman–Crippen LogP) is 7.08. The number of methoxy groups -OCH3 is 1. The monoisotopic (exact) mass is 668 g/mol. The molecule has 1 aromatic heterocycles. The Balaban J connectivity index is 1.29. The zero-order valence-corrected chi connectivity index (χ0v) is 29.4. The van der Waals surface area contributed by atoms with Gasteiger partial charge in [-0.25, -0.2) is 4.98 Å². The Morgan fingerprint density at radius 2 is 1.61 bits per heavy atom. The number of amides is 1. The van der Waals surface area contributed by atoms with Gasteiger partial charge in [-0.15, -0.1) is 0 Å². The Hall–Kier alpha value is -4.87. The zero-order valence-electron chi connectivity index (χ0n) is 29.4. The fourth-order valence-electron chi connectivity index (χ4n) is 5.73. The van der Waals surface area contributed by atoms with Crippen LogP contribution in [0.5, 0.6) is 28.9 Å². The average molecular weight is 669 g/mol. The maximum atomic E-state index is 13.6. The van der Waals surface area contributed by atoms with Gasteiger partial charge in [-0.3, -0.25) is 9.69 Å². The lowest BCUT2D eigenvalue weighted by Crippen LogP contribution is -2.49. The van der Waals surface area contributed by atoms with Gasteiger partial charge in [0.2, 0.25) is 11.8 Å². The van der Waals surface area contributed by atoms with Crippen molar-refractivity contribution in [3.05, 3.63) is 83.6 Å². The number of benzene rings is 3. The number of anilines is 3. The number of hydrogen-bond acceptors (Lipinski definition) is 10. The van der Waals surface area contributed by atoms with E-state index in [-0.39, 0.29) is 17.4 Å². The summed E-state index contributed by atoms with van der Waals surface area (Å²) in [6.07, 6.45) is 2.38. The third-order valence-corrected chi connectivity index (χ3v) is 8.51. The minimum atomic E-state index is -0.395. The number of carbonyl (C=O) groups excluding carboxylic acids is 1. The molecule has 2 N–H and O–H groups in total. The molecule has 11 heteroatoms. The Kier molecular flexibility index (Phi) is 12.3. The Morgan fingerprint density at radius 1 is 0.898 bits per heavy atom. The molecule has 0 bridgehead atoms. The Morgan fingerprint density at radius 3 is 2.31 bits per heavy atom. The molecular formula is C38H48N6O5. The highest BCUT2D eigenvalue weighted by molar-refractivity contribution is 6.06. The summed E-state index contributed by atoms with van der Waals surface area (Å²) in [5.74, 6) is 2.13. The molecule has 0 aliphatic carbocycles. The second-order valence-corrected chi connectivity index (χ2v) is 12.3. The molecular weight excluding hydrogens is 620 g/mol. The number of nitrogens with one attached hydrogen (secondary N) is 2. The van der Waals surface area contributed by atoms with Crippen LogP contribution in [0.4, 0.5) is 17.3 Å². The molecule has 0 radical (unpaired) electrons. The van der Waals surface area contributed by atoms with Crippen molar-refractivity contribution < 1.29 is 23.7 Å². The van der Waals surface area contributed by atoms with E-state index in [1.54, 1.807) is 19.2 Å². The van der Waals surface area contributed by atoms with Gasteiger partial charge in [-0.05, 0) is 76.4 Å². The van der Waals surface area contributed by atoms with E-state index in [2.05, 4.69) is 44.2 Å². The van der Waals surface area contributed by atoms with E-state index < -0.39 is 5.91 Å². The molecule has 1 fully saturated rings. The van der Waals surface area contributed by atoms with Gasteiger partial charge in [-0.2, -0.15) is 4.98 Å². The standard InChI is InChI=1S/C38H48N6O5/c1-7-47-31-14-8-9-15-33(31)49-37-30(36(45)41-35-27(4)12-10-13-28(35)5)25-39-38(42-37)40-29-16-17-32(34(24-29)46-6)48-23-11-18-43-19-21-44(22-20-43)26(2)3/h8-10,12-17,24-26H,7,11,18-23H2,1-6H3,(H,41,45)(H,39,40,42). The first-order chi connectivity index (χ1) is 23.7. The van der Waals surface area contributed by atoms with Crippen molar-refractivity contribution in [2.45, 2.75) is 47.1 Å².